The van der Waals surface area contributed by atoms with Crippen molar-refractivity contribution in [3.8, 4) is 17.2 Å². The molecule has 0 aliphatic heterocycles. The summed E-state index contributed by atoms with van der Waals surface area (Å²) >= 11 is 12.3. The highest BCUT2D eigenvalue weighted by Gasteiger charge is 2.14. The number of carbonyl (C=O) groups is 1. The van der Waals surface area contributed by atoms with Crippen molar-refractivity contribution >= 4 is 45.9 Å². The van der Waals surface area contributed by atoms with Crippen molar-refractivity contribution in [1.82, 2.24) is 4.98 Å². The first-order valence-corrected chi connectivity index (χ1v) is 10.5. The van der Waals surface area contributed by atoms with E-state index in [1.807, 2.05) is 0 Å². The minimum absolute atomic E-state index is 0.279. The highest BCUT2D eigenvalue weighted by Crippen LogP contribution is 2.31. The van der Waals surface area contributed by atoms with Crippen LogP contribution in [0.25, 0.3) is 22.6 Å². The molecule has 4 aromatic rings. The molecule has 0 saturated carbocycles. The Balaban J connectivity index is 1.53. The predicted octanol–water partition coefficient (Wildman–Crippen LogP) is 7.09. The number of amides is 1. The lowest BCUT2D eigenvalue weighted by molar-refractivity contribution is 0.102. The molecule has 0 spiro atoms. The largest absolute Gasteiger partial charge is 0.493 e. The van der Waals surface area contributed by atoms with Gasteiger partial charge >= 0.3 is 0 Å². The topological polar surface area (TPSA) is 64.4 Å². The number of carbonyl (C=O) groups excluding carboxylic acids is 1. The summed E-state index contributed by atoms with van der Waals surface area (Å²) in [5.74, 6) is 1.28. The van der Waals surface area contributed by atoms with Crippen molar-refractivity contribution in [3.63, 3.8) is 0 Å². The number of nitrogens with one attached hydrogen (secondary N) is 1. The maximum Gasteiger partial charge on any atom is 0.255 e. The molecule has 3 aromatic carbocycles. The summed E-state index contributed by atoms with van der Waals surface area (Å²) in [6.45, 7) is 4.78. The molecule has 0 bridgehead atoms. The first-order valence-electron chi connectivity index (χ1n) is 9.79. The van der Waals surface area contributed by atoms with Gasteiger partial charge in [-0.1, -0.05) is 37.0 Å². The van der Waals surface area contributed by atoms with Crippen LogP contribution in [0.4, 0.5) is 5.69 Å². The zero-order valence-corrected chi connectivity index (χ0v) is 18.5. The lowest BCUT2D eigenvalue weighted by Gasteiger charge is -2.10. The van der Waals surface area contributed by atoms with E-state index in [1.54, 1.807) is 60.7 Å². The number of rotatable bonds is 6. The van der Waals surface area contributed by atoms with Gasteiger partial charge in [-0.2, -0.15) is 0 Å². The number of benzene rings is 3. The molecular weight excluding hydrogens is 435 g/mol. The van der Waals surface area contributed by atoms with Crippen molar-refractivity contribution in [3.05, 3.63) is 76.3 Å². The molecule has 1 heterocycles. The van der Waals surface area contributed by atoms with E-state index in [0.29, 0.717) is 56.4 Å². The van der Waals surface area contributed by atoms with E-state index in [2.05, 4.69) is 24.1 Å². The van der Waals surface area contributed by atoms with Crippen LogP contribution < -0.4 is 10.1 Å². The number of halogens is 2. The number of nitrogens with zero attached hydrogens (tertiary/aromatic N) is 1. The fourth-order valence-corrected chi connectivity index (χ4v) is 3.27. The average molecular weight is 455 g/mol. The van der Waals surface area contributed by atoms with Gasteiger partial charge in [-0.25, -0.2) is 4.98 Å². The number of ether oxygens (including phenoxy) is 1. The third-order valence-electron chi connectivity index (χ3n) is 4.51. The van der Waals surface area contributed by atoms with Crippen molar-refractivity contribution in [1.29, 1.82) is 0 Å². The molecule has 7 heteroatoms. The van der Waals surface area contributed by atoms with Crippen LogP contribution >= 0.6 is 23.2 Å². The molecule has 0 unspecified atom stereocenters. The minimum Gasteiger partial charge on any atom is -0.493 e. The summed E-state index contributed by atoms with van der Waals surface area (Å²) < 4.78 is 11.5. The van der Waals surface area contributed by atoms with E-state index >= 15 is 0 Å². The number of hydrogen-bond donors (Lipinski definition) is 1. The number of fused-ring (bicyclic) bond motifs is 1. The molecule has 0 saturated heterocycles. The normalized spacial score (nSPS) is 11.1. The average Bonchev–Trinajstić information content (AvgIpc) is 3.17. The van der Waals surface area contributed by atoms with E-state index in [0.717, 1.165) is 5.75 Å². The molecule has 0 atom stereocenters. The van der Waals surface area contributed by atoms with E-state index in [9.17, 15) is 4.79 Å². The summed E-state index contributed by atoms with van der Waals surface area (Å²) in [4.78, 5) is 17.2. The van der Waals surface area contributed by atoms with Gasteiger partial charge in [0, 0.05) is 16.1 Å². The lowest BCUT2D eigenvalue weighted by atomic mass is 10.1. The number of aromatic nitrogens is 1. The Bertz CT molecular complexity index is 1230. The predicted molar refractivity (Wildman–Crippen MR) is 124 cm³/mol. The minimum atomic E-state index is -0.279. The van der Waals surface area contributed by atoms with Crippen LogP contribution in [0.2, 0.25) is 10.0 Å². The molecule has 0 aliphatic carbocycles. The van der Waals surface area contributed by atoms with E-state index in [1.165, 1.54) is 0 Å². The Labute approximate surface area is 189 Å². The zero-order chi connectivity index (χ0) is 22.0. The standard InChI is InChI=1S/C24H20Cl2N2O3/c1-14(2)13-30-18-7-3-15(4-8-18)23(29)27-20-11-16(5-9-19(20)26)24-28-21-12-17(25)6-10-22(21)31-24/h3-12,14H,13H2,1-2H3,(H,27,29). The Hall–Kier alpha value is -3.02. The van der Waals surface area contributed by atoms with Crippen molar-refractivity contribution in [2.45, 2.75) is 13.8 Å². The first-order chi connectivity index (χ1) is 14.9. The Morgan fingerprint density at radius 2 is 1.84 bits per heavy atom. The van der Waals surface area contributed by atoms with Crippen LogP contribution in [0.5, 0.6) is 5.75 Å². The first kappa shape index (κ1) is 21.2. The molecule has 5 nitrogen and oxygen atoms in total. The molecule has 1 aromatic heterocycles. The molecule has 0 aliphatic rings. The summed E-state index contributed by atoms with van der Waals surface area (Å²) in [5.41, 5.74) is 2.92. The molecule has 1 amide bonds. The molecular formula is C24H20Cl2N2O3. The lowest BCUT2D eigenvalue weighted by Crippen LogP contribution is -2.12. The molecule has 1 N–H and O–H groups in total. The van der Waals surface area contributed by atoms with Crippen LogP contribution in [0.15, 0.2) is 65.1 Å². The smallest absolute Gasteiger partial charge is 0.255 e. The fourth-order valence-electron chi connectivity index (χ4n) is 2.94. The summed E-state index contributed by atoms with van der Waals surface area (Å²) in [5, 5.41) is 3.84. The van der Waals surface area contributed by atoms with Crippen LogP contribution in [0.1, 0.15) is 24.2 Å². The highest BCUT2D eigenvalue weighted by atomic mass is 35.5. The van der Waals surface area contributed by atoms with Crippen molar-refractivity contribution in [2.24, 2.45) is 5.92 Å². The zero-order valence-electron chi connectivity index (χ0n) is 17.0. The number of oxazole rings is 1. The van der Waals surface area contributed by atoms with E-state index in [4.69, 9.17) is 32.4 Å². The second-order valence-corrected chi connectivity index (χ2v) is 8.35. The summed E-state index contributed by atoms with van der Waals surface area (Å²) in [7, 11) is 0. The van der Waals surface area contributed by atoms with Gasteiger partial charge in [-0.05, 0) is 66.6 Å². The monoisotopic (exact) mass is 454 g/mol. The molecule has 0 radical (unpaired) electrons. The van der Waals surface area contributed by atoms with Gasteiger partial charge in [0.2, 0.25) is 5.89 Å². The van der Waals surface area contributed by atoms with Crippen LogP contribution in [-0.4, -0.2) is 17.5 Å². The molecule has 158 valence electrons. The molecule has 0 fully saturated rings. The second-order valence-electron chi connectivity index (χ2n) is 7.51. The Kier molecular flexibility index (Phi) is 6.16. The van der Waals surface area contributed by atoms with Crippen LogP contribution in [0, 0.1) is 5.92 Å². The highest BCUT2D eigenvalue weighted by molar-refractivity contribution is 6.34. The quantitative estimate of drug-likeness (QED) is 0.337. The van der Waals surface area contributed by atoms with Gasteiger partial charge in [0.1, 0.15) is 11.3 Å². The molecule has 4 rings (SSSR count). The van der Waals surface area contributed by atoms with Gasteiger partial charge in [-0.15, -0.1) is 0 Å². The maximum absolute atomic E-state index is 12.7. The van der Waals surface area contributed by atoms with E-state index in [-0.39, 0.29) is 5.91 Å². The second kappa shape index (κ2) is 9.00. The number of hydrogen-bond acceptors (Lipinski definition) is 4. The van der Waals surface area contributed by atoms with Gasteiger partial charge in [0.25, 0.3) is 5.91 Å². The summed E-state index contributed by atoms with van der Waals surface area (Å²) in [6.07, 6.45) is 0. The van der Waals surface area contributed by atoms with Gasteiger partial charge in [0.05, 0.1) is 17.3 Å². The third kappa shape index (κ3) is 5.01. The Morgan fingerprint density at radius 1 is 1.06 bits per heavy atom. The van der Waals surface area contributed by atoms with Crippen molar-refractivity contribution in [2.75, 3.05) is 11.9 Å². The maximum atomic E-state index is 12.7. The van der Waals surface area contributed by atoms with Gasteiger partial charge in [-0.3, -0.25) is 4.79 Å². The number of anilines is 1. The van der Waals surface area contributed by atoms with E-state index < -0.39 is 0 Å². The molecule has 31 heavy (non-hydrogen) atoms. The van der Waals surface area contributed by atoms with Crippen LogP contribution in [-0.2, 0) is 0 Å². The third-order valence-corrected chi connectivity index (χ3v) is 5.08. The van der Waals surface area contributed by atoms with Gasteiger partial charge in [0.15, 0.2) is 5.58 Å². The fraction of sp³-hybridized carbons (Fsp3) is 0.167. The Morgan fingerprint density at radius 3 is 2.58 bits per heavy atom. The SMILES string of the molecule is CC(C)COc1ccc(C(=O)Nc2cc(-c3nc4cc(Cl)ccc4o3)ccc2Cl)cc1. The summed E-state index contributed by atoms with van der Waals surface area (Å²) in [6, 6.07) is 17.4. The van der Waals surface area contributed by atoms with Gasteiger partial charge < -0.3 is 14.5 Å². The van der Waals surface area contributed by atoms with Crippen molar-refractivity contribution < 1.29 is 13.9 Å². The van der Waals surface area contributed by atoms with Crippen LogP contribution in [0.3, 0.4) is 0 Å².